The van der Waals surface area contributed by atoms with Gasteiger partial charge in [0.1, 0.15) is 5.82 Å². The summed E-state index contributed by atoms with van der Waals surface area (Å²) in [4.78, 5) is 26.2. The number of carboxylic acid groups (broad SMARTS) is 1. The molecule has 2 heterocycles. The maximum absolute atomic E-state index is 13.7. The second-order valence-electron chi connectivity index (χ2n) is 6.63. The maximum Gasteiger partial charge on any atom is 0.308 e. The first-order chi connectivity index (χ1) is 11.5. The molecule has 2 fully saturated rings. The summed E-state index contributed by atoms with van der Waals surface area (Å²) in [5.41, 5.74) is -0.158. The van der Waals surface area contributed by atoms with E-state index in [1.807, 2.05) is 0 Å². The minimum Gasteiger partial charge on any atom is -0.481 e. The van der Waals surface area contributed by atoms with E-state index >= 15 is 0 Å². The lowest BCUT2D eigenvalue weighted by molar-refractivity contribution is -0.149. The molecular formula is C18H22FNO4. The zero-order valence-corrected chi connectivity index (χ0v) is 13.5. The molecular weight excluding hydrogens is 313 g/mol. The predicted octanol–water partition coefficient (Wildman–Crippen LogP) is 2.20. The standard InChI is InChI=1S/C18H22FNO4/c19-15-5-1-4-14(11-15)18(6-9-24-10-7-18)17(23)20-8-2-3-13(12-20)16(21)22/h1,4-5,11,13H,2-3,6-10,12H2,(H,21,22). The molecule has 0 radical (unpaired) electrons. The molecule has 0 bridgehead atoms. The molecule has 5 nitrogen and oxygen atoms in total. The highest BCUT2D eigenvalue weighted by molar-refractivity contribution is 5.89. The average molecular weight is 335 g/mol. The third-order valence-electron chi connectivity index (χ3n) is 5.19. The second kappa shape index (κ2) is 6.89. The van der Waals surface area contributed by atoms with Gasteiger partial charge in [0.2, 0.25) is 5.91 Å². The Bertz CT molecular complexity index is 627. The van der Waals surface area contributed by atoms with Gasteiger partial charge >= 0.3 is 5.97 Å². The molecule has 1 aromatic rings. The van der Waals surface area contributed by atoms with Gasteiger partial charge in [-0.3, -0.25) is 9.59 Å². The van der Waals surface area contributed by atoms with Gasteiger partial charge in [0, 0.05) is 26.3 Å². The van der Waals surface area contributed by atoms with Crippen molar-refractivity contribution in [3.63, 3.8) is 0 Å². The zero-order chi connectivity index (χ0) is 17.2. The highest BCUT2D eigenvalue weighted by atomic mass is 19.1. The SMILES string of the molecule is O=C(O)C1CCCN(C(=O)C2(c3cccc(F)c3)CCOCC2)C1. The summed E-state index contributed by atoms with van der Waals surface area (Å²) in [7, 11) is 0. The fourth-order valence-electron chi connectivity index (χ4n) is 3.80. The number of carboxylic acids is 1. The molecule has 3 rings (SSSR count). The molecule has 2 saturated heterocycles. The van der Waals surface area contributed by atoms with E-state index in [0.29, 0.717) is 51.0 Å². The summed E-state index contributed by atoms with van der Waals surface area (Å²) in [6.07, 6.45) is 2.25. The highest BCUT2D eigenvalue weighted by Gasteiger charge is 2.45. The first-order valence-corrected chi connectivity index (χ1v) is 8.39. The molecule has 1 unspecified atom stereocenters. The monoisotopic (exact) mass is 335 g/mol. The van der Waals surface area contributed by atoms with Crippen LogP contribution in [0.3, 0.4) is 0 Å². The summed E-state index contributed by atoms with van der Waals surface area (Å²) in [6, 6.07) is 6.18. The van der Waals surface area contributed by atoms with Crippen molar-refractivity contribution < 1.29 is 23.8 Å². The predicted molar refractivity (Wildman–Crippen MR) is 85.1 cm³/mol. The Labute approximate surface area is 140 Å². The normalized spacial score (nSPS) is 23.7. The van der Waals surface area contributed by atoms with Crippen molar-refractivity contribution in [2.75, 3.05) is 26.3 Å². The molecule has 0 aliphatic carbocycles. The quantitative estimate of drug-likeness (QED) is 0.919. The number of piperidine rings is 1. The molecule has 6 heteroatoms. The number of benzene rings is 1. The zero-order valence-electron chi connectivity index (χ0n) is 13.5. The Balaban J connectivity index is 1.91. The Morgan fingerprint density at radius 3 is 2.71 bits per heavy atom. The highest BCUT2D eigenvalue weighted by Crippen LogP contribution is 2.38. The van der Waals surface area contributed by atoms with Crippen molar-refractivity contribution in [2.45, 2.75) is 31.1 Å². The Kier molecular flexibility index (Phi) is 4.85. The number of halogens is 1. The van der Waals surface area contributed by atoms with E-state index in [1.165, 1.54) is 12.1 Å². The molecule has 1 atom stereocenters. The maximum atomic E-state index is 13.7. The fourth-order valence-corrected chi connectivity index (χ4v) is 3.80. The van der Waals surface area contributed by atoms with Crippen molar-refractivity contribution in [1.82, 2.24) is 4.90 Å². The molecule has 0 saturated carbocycles. The molecule has 1 amide bonds. The van der Waals surface area contributed by atoms with Crippen molar-refractivity contribution in [2.24, 2.45) is 5.92 Å². The van der Waals surface area contributed by atoms with E-state index in [1.54, 1.807) is 17.0 Å². The third kappa shape index (κ3) is 3.15. The van der Waals surface area contributed by atoms with Crippen LogP contribution in [-0.2, 0) is 19.7 Å². The van der Waals surface area contributed by atoms with Crippen LogP contribution >= 0.6 is 0 Å². The van der Waals surface area contributed by atoms with Crippen LogP contribution in [-0.4, -0.2) is 48.2 Å². The first-order valence-electron chi connectivity index (χ1n) is 8.39. The Hall–Kier alpha value is -1.95. The lowest BCUT2D eigenvalue weighted by Crippen LogP contribution is -2.53. The lowest BCUT2D eigenvalue weighted by Gasteiger charge is -2.42. The van der Waals surface area contributed by atoms with Gasteiger partial charge in [-0.1, -0.05) is 12.1 Å². The van der Waals surface area contributed by atoms with E-state index in [4.69, 9.17) is 4.74 Å². The average Bonchev–Trinajstić information content (AvgIpc) is 2.61. The van der Waals surface area contributed by atoms with Crippen LogP contribution in [0.15, 0.2) is 24.3 Å². The Morgan fingerprint density at radius 1 is 1.29 bits per heavy atom. The van der Waals surface area contributed by atoms with Gasteiger partial charge in [0.05, 0.1) is 11.3 Å². The van der Waals surface area contributed by atoms with Gasteiger partial charge in [-0.2, -0.15) is 0 Å². The van der Waals surface area contributed by atoms with Crippen molar-refractivity contribution >= 4 is 11.9 Å². The van der Waals surface area contributed by atoms with E-state index in [-0.39, 0.29) is 18.3 Å². The number of likely N-dealkylation sites (tertiary alicyclic amines) is 1. The van der Waals surface area contributed by atoms with Crippen LogP contribution in [0.1, 0.15) is 31.2 Å². The van der Waals surface area contributed by atoms with Gasteiger partial charge in [-0.05, 0) is 43.4 Å². The Morgan fingerprint density at radius 2 is 2.04 bits per heavy atom. The lowest BCUT2D eigenvalue weighted by atomic mass is 9.72. The summed E-state index contributed by atoms with van der Waals surface area (Å²) in [6.45, 7) is 1.67. The molecule has 2 aliphatic heterocycles. The number of aliphatic carboxylic acids is 1. The number of hydrogen-bond acceptors (Lipinski definition) is 3. The summed E-state index contributed by atoms with van der Waals surface area (Å²) in [5, 5.41) is 9.26. The molecule has 130 valence electrons. The summed E-state index contributed by atoms with van der Waals surface area (Å²) in [5.74, 6) is -1.85. The molecule has 1 aromatic carbocycles. The molecule has 0 spiro atoms. The van der Waals surface area contributed by atoms with Gasteiger partial charge in [0.15, 0.2) is 0 Å². The van der Waals surface area contributed by atoms with Gasteiger partial charge < -0.3 is 14.7 Å². The van der Waals surface area contributed by atoms with Crippen LogP contribution in [0.2, 0.25) is 0 Å². The molecule has 0 aromatic heterocycles. The summed E-state index contributed by atoms with van der Waals surface area (Å²) >= 11 is 0. The smallest absolute Gasteiger partial charge is 0.308 e. The number of hydrogen-bond donors (Lipinski definition) is 1. The molecule has 1 N–H and O–H groups in total. The number of nitrogens with zero attached hydrogens (tertiary/aromatic N) is 1. The molecule has 2 aliphatic rings. The third-order valence-corrected chi connectivity index (χ3v) is 5.19. The summed E-state index contributed by atoms with van der Waals surface area (Å²) < 4.78 is 19.1. The van der Waals surface area contributed by atoms with Gasteiger partial charge in [-0.15, -0.1) is 0 Å². The van der Waals surface area contributed by atoms with Crippen LogP contribution in [0.25, 0.3) is 0 Å². The van der Waals surface area contributed by atoms with E-state index < -0.39 is 17.3 Å². The number of carbonyl (C=O) groups is 2. The van der Waals surface area contributed by atoms with Crippen molar-refractivity contribution in [3.05, 3.63) is 35.6 Å². The van der Waals surface area contributed by atoms with Gasteiger partial charge in [-0.25, -0.2) is 4.39 Å². The van der Waals surface area contributed by atoms with E-state index in [9.17, 15) is 19.1 Å². The minimum absolute atomic E-state index is 0.0950. The minimum atomic E-state index is -0.862. The van der Waals surface area contributed by atoms with Crippen LogP contribution in [0, 0.1) is 11.7 Å². The number of carbonyl (C=O) groups excluding carboxylic acids is 1. The topological polar surface area (TPSA) is 66.8 Å². The first kappa shape index (κ1) is 16.9. The number of amides is 1. The molecule has 24 heavy (non-hydrogen) atoms. The van der Waals surface area contributed by atoms with Crippen molar-refractivity contribution in [1.29, 1.82) is 0 Å². The number of rotatable bonds is 3. The van der Waals surface area contributed by atoms with E-state index in [0.717, 1.165) is 0 Å². The van der Waals surface area contributed by atoms with Gasteiger partial charge in [0.25, 0.3) is 0 Å². The van der Waals surface area contributed by atoms with Crippen molar-refractivity contribution in [3.8, 4) is 0 Å². The second-order valence-corrected chi connectivity index (χ2v) is 6.63. The van der Waals surface area contributed by atoms with Crippen LogP contribution < -0.4 is 0 Å². The van der Waals surface area contributed by atoms with Crippen LogP contribution in [0.5, 0.6) is 0 Å². The van der Waals surface area contributed by atoms with Crippen LogP contribution in [0.4, 0.5) is 4.39 Å². The van der Waals surface area contributed by atoms with E-state index in [2.05, 4.69) is 0 Å². The number of ether oxygens (including phenoxy) is 1. The fraction of sp³-hybridized carbons (Fsp3) is 0.556. The largest absolute Gasteiger partial charge is 0.481 e.